The summed E-state index contributed by atoms with van der Waals surface area (Å²) in [4.78, 5) is 23.8. The fourth-order valence-corrected chi connectivity index (χ4v) is 4.36. The van der Waals surface area contributed by atoms with Crippen LogP contribution in [0.3, 0.4) is 0 Å². The predicted molar refractivity (Wildman–Crippen MR) is 139 cm³/mol. The number of rotatable bonds is 17. The minimum absolute atomic E-state index is 0.0142. The van der Waals surface area contributed by atoms with E-state index in [0.717, 1.165) is 38.0 Å². The first-order chi connectivity index (χ1) is 16.1. The van der Waals surface area contributed by atoms with E-state index in [0.29, 0.717) is 12.2 Å². The highest BCUT2D eigenvalue weighted by atomic mass is 32.2. The van der Waals surface area contributed by atoms with Gasteiger partial charge in [-0.05, 0) is 37.0 Å². The van der Waals surface area contributed by atoms with E-state index >= 15 is 0 Å². The van der Waals surface area contributed by atoms with Gasteiger partial charge in [0.15, 0.2) is 5.12 Å². The van der Waals surface area contributed by atoms with Crippen LogP contribution in [0.15, 0.2) is 60.7 Å². The van der Waals surface area contributed by atoms with E-state index in [1.807, 2.05) is 48.5 Å². The summed E-state index contributed by atoms with van der Waals surface area (Å²) in [6.07, 6.45) is 10.5. The van der Waals surface area contributed by atoms with E-state index in [1.54, 1.807) is 6.92 Å². The molecule has 2 aromatic carbocycles. The molecule has 0 saturated carbocycles. The van der Waals surface area contributed by atoms with Crippen molar-refractivity contribution in [3.05, 3.63) is 66.2 Å². The Bertz CT molecular complexity index is 782. The molecule has 2 aromatic rings. The first-order valence-corrected chi connectivity index (χ1v) is 13.3. The maximum absolute atomic E-state index is 12.4. The molecule has 0 aliphatic heterocycles. The van der Waals surface area contributed by atoms with Crippen LogP contribution in [0, 0.1) is 0 Å². The zero-order valence-corrected chi connectivity index (χ0v) is 20.8. The van der Waals surface area contributed by atoms with Gasteiger partial charge in [0.2, 0.25) is 5.91 Å². The maximum atomic E-state index is 12.4. The lowest BCUT2D eigenvalue weighted by molar-refractivity contribution is -0.121. The number of hydrogen-bond acceptors (Lipinski definition) is 4. The Morgan fingerprint density at radius 2 is 1.39 bits per heavy atom. The summed E-state index contributed by atoms with van der Waals surface area (Å²) in [6.45, 7) is 2.36. The second-order valence-electron chi connectivity index (χ2n) is 8.50. The highest BCUT2D eigenvalue weighted by molar-refractivity contribution is 8.13. The first-order valence-electron chi connectivity index (χ1n) is 12.3. The van der Waals surface area contributed by atoms with E-state index in [-0.39, 0.29) is 17.1 Å². The Hall–Kier alpha value is -2.27. The van der Waals surface area contributed by atoms with Crippen molar-refractivity contribution in [2.75, 3.05) is 12.4 Å². The first kappa shape index (κ1) is 27.0. The minimum atomic E-state index is -0.0142. The summed E-state index contributed by atoms with van der Waals surface area (Å²) in [5.74, 6) is 1.66. The van der Waals surface area contributed by atoms with Gasteiger partial charge >= 0.3 is 0 Å². The Labute approximate surface area is 203 Å². The van der Waals surface area contributed by atoms with Crippen molar-refractivity contribution in [1.29, 1.82) is 0 Å². The van der Waals surface area contributed by atoms with Crippen LogP contribution in [0.1, 0.15) is 70.3 Å². The summed E-state index contributed by atoms with van der Waals surface area (Å²) in [7, 11) is 0. The highest BCUT2D eigenvalue weighted by Crippen LogP contribution is 2.13. The zero-order valence-electron chi connectivity index (χ0n) is 20.0. The van der Waals surface area contributed by atoms with Gasteiger partial charge in [-0.15, -0.1) is 0 Å². The van der Waals surface area contributed by atoms with Gasteiger partial charge in [0, 0.05) is 25.1 Å². The Morgan fingerprint density at radius 3 is 2.03 bits per heavy atom. The molecule has 4 nitrogen and oxygen atoms in total. The molecule has 2 rings (SSSR count). The number of ether oxygens (including phenoxy) is 1. The number of amides is 1. The second kappa shape index (κ2) is 17.2. The van der Waals surface area contributed by atoms with Crippen LogP contribution in [0.2, 0.25) is 0 Å². The Balaban J connectivity index is 1.48. The van der Waals surface area contributed by atoms with E-state index < -0.39 is 0 Å². The molecule has 0 saturated heterocycles. The normalized spacial score (nSPS) is 11.7. The van der Waals surface area contributed by atoms with Gasteiger partial charge in [-0.2, -0.15) is 0 Å². The van der Waals surface area contributed by atoms with Crippen molar-refractivity contribution in [3.63, 3.8) is 0 Å². The fourth-order valence-electron chi connectivity index (χ4n) is 3.72. The van der Waals surface area contributed by atoms with Gasteiger partial charge in [0.1, 0.15) is 5.75 Å². The smallest absolute Gasteiger partial charge is 0.220 e. The molecular formula is C28H39NO3S. The lowest BCUT2D eigenvalue weighted by atomic mass is 10.1. The van der Waals surface area contributed by atoms with Gasteiger partial charge in [0.05, 0.1) is 6.61 Å². The number of carbonyl (C=O) groups excluding carboxylic acids is 2. The highest BCUT2D eigenvalue weighted by Gasteiger charge is 2.14. The van der Waals surface area contributed by atoms with Gasteiger partial charge < -0.3 is 10.1 Å². The summed E-state index contributed by atoms with van der Waals surface area (Å²) in [6, 6.07) is 20.1. The molecule has 0 fully saturated rings. The van der Waals surface area contributed by atoms with Crippen molar-refractivity contribution in [2.45, 2.75) is 77.2 Å². The van der Waals surface area contributed by atoms with Crippen LogP contribution in [0.4, 0.5) is 0 Å². The lowest BCUT2D eigenvalue weighted by Crippen LogP contribution is -2.38. The van der Waals surface area contributed by atoms with E-state index in [1.165, 1.54) is 49.4 Å². The van der Waals surface area contributed by atoms with Crippen LogP contribution in [-0.4, -0.2) is 29.4 Å². The van der Waals surface area contributed by atoms with E-state index in [2.05, 4.69) is 17.4 Å². The molecule has 0 aromatic heterocycles. The predicted octanol–water partition coefficient (Wildman–Crippen LogP) is 6.58. The van der Waals surface area contributed by atoms with Gasteiger partial charge in [-0.3, -0.25) is 9.59 Å². The molecule has 1 amide bonds. The number of carbonyl (C=O) groups is 2. The van der Waals surface area contributed by atoms with Crippen LogP contribution < -0.4 is 10.1 Å². The largest absolute Gasteiger partial charge is 0.494 e. The third kappa shape index (κ3) is 13.8. The van der Waals surface area contributed by atoms with Gasteiger partial charge in [0.25, 0.3) is 0 Å². The molecule has 1 unspecified atom stereocenters. The van der Waals surface area contributed by atoms with Crippen LogP contribution in [0.25, 0.3) is 0 Å². The minimum Gasteiger partial charge on any atom is -0.494 e. The number of nitrogens with one attached hydrogen (secondary N) is 1. The maximum Gasteiger partial charge on any atom is 0.220 e. The molecule has 1 atom stereocenters. The third-order valence-electron chi connectivity index (χ3n) is 5.49. The number of para-hydroxylation sites is 1. The van der Waals surface area contributed by atoms with Crippen molar-refractivity contribution in [3.8, 4) is 5.75 Å². The van der Waals surface area contributed by atoms with Crippen LogP contribution in [0.5, 0.6) is 5.75 Å². The summed E-state index contributed by atoms with van der Waals surface area (Å²) in [5.41, 5.74) is 1.18. The molecule has 33 heavy (non-hydrogen) atoms. The molecule has 0 aliphatic rings. The Kier molecular flexibility index (Phi) is 14.1. The molecule has 0 aliphatic carbocycles. The Morgan fingerprint density at radius 1 is 0.818 bits per heavy atom. The van der Waals surface area contributed by atoms with Crippen LogP contribution >= 0.6 is 11.8 Å². The fraction of sp³-hybridized carbons (Fsp3) is 0.500. The molecule has 0 heterocycles. The van der Waals surface area contributed by atoms with Gasteiger partial charge in [-0.25, -0.2) is 0 Å². The number of hydrogen-bond donors (Lipinski definition) is 1. The standard InChI is InChI=1S/C28H39NO3S/c1-24(30)33-23-26(22-25-16-10-8-11-17-25)29-28(31)20-14-6-4-2-3-5-7-15-21-32-27-18-12-9-13-19-27/h8-13,16-19,26H,2-7,14-15,20-23H2,1H3,(H,29,31). The average Bonchev–Trinajstić information content (AvgIpc) is 2.82. The summed E-state index contributed by atoms with van der Waals surface area (Å²) >= 11 is 1.28. The molecule has 180 valence electrons. The molecule has 1 N–H and O–H groups in total. The monoisotopic (exact) mass is 469 g/mol. The topological polar surface area (TPSA) is 55.4 Å². The molecule has 5 heteroatoms. The summed E-state index contributed by atoms with van der Waals surface area (Å²) < 4.78 is 5.72. The van der Waals surface area contributed by atoms with E-state index in [4.69, 9.17) is 4.74 Å². The zero-order chi connectivity index (χ0) is 23.6. The molecular weight excluding hydrogens is 430 g/mol. The third-order valence-corrected chi connectivity index (χ3v) is 6.46. The van der Waals surface area contributed by atoms with Gasteiger partial charge in [-0.1, -0.05) is 98.8 Å². The lowest BCUT2D eigenvalue weighted by Gasteiger charge is -2.18. The number of thioether (sulfide) groups is 1. The van der Waals surface area contributed by atoms with Crippen molar-refractivity contribution in [2.24, 2.45) is 0 Å². The van der Waals surface area contributed by atoms with Crippen molar-refractivity contribution >= 4 is 22.8 Å². The van der Waals surface area contributed by atoms with Crippen molar-refractivity contribution in [1.82, 2.24) is 5.32 Å². The molecule has 0 spiro atoms. The van der Waals surface area contributed by atoms with Crippen LogP contribution in [-0.2, 0) is 16.0 Å². The average molecular weight is 470 g/mol. The second-order valence-corrected chi connectivity index (χ2v) is 9.69. The molecule has 0 radical (unpaired) electrons. The number of unbranched alkanes of at least 4 members (excludes halogenated alkanes) is 7. The number of benzene rings is 2. The summed E-state index contributed by atoms with van der Waals surface area (Å²) in [5, 5.41) is 3.23. The molecule has 0 bridgehead atoms. The van der Waals surface area contributed by atoms with Crippen molar-refractivity contribution < 1.29 is 14.3 Å². The van der Waals surface area contributed by atoms with E-state index in [9.17, 15) is 9.59 Å². The quantitative estimate of drug-likeness (QED) is 0.266. The SMILES string of the molecule is CC(=O)SCC(Cc1ccccc1)NC(=O)CCCCCCCCCCOc1ccccc1.